The number of amides is 2. The second-order valence-electron chi connectivity index (χ2n) is 7.38. The van der Waals surface area contributed by atoms with Gasteiger partial charge in [0.1, 0.15) is 6.61 Å². The van der Waals surface area contributed by atoms with Crippen molar-refractivity contribution in [1.82, 2.24) is 10.6 Å². The van der Waals surface area contributed by atoms with E-state index < -0.39 is 23.0 Å². The summed E-state index contributed by atoms with van der Waals surface area (Å²) in [6.45, 7) is 3.80. The Morgan fingerprint density at radius 3 is 2.58 bits per heavy atom. The van der Waals surface area contributed by atoms with E-state index in [1.165, 1.54) is 26.4 Å². The number of ether oxygens (including phenoxy) is 3. The fraction of sp³-hybridized carbons (Fsp3) is 0.304. The standard InChI is InChI=1S/C23H25N3O7/c1-5-16-19(22(27)32-4)20(25-23(28)24-16)15-10-17(26(29)30)21(18(11-15)31-3)33-12-14-8-6-7-13(2)9-14/h6-11,20H,5,12H2,1-4H3,(H2,24,25,28). The highest BCUT2D eigenvalue weighted by molar-refractivity contribution is 5.95. The number of hydrogen-bond donors (Lipinski definition) is 2. The van der Waals surface area contributed by atoms with Crippen molar-refractivity contribution in [3.05, 3.63) is 74.5 Å². The van der Waals surface area contributed by atoms with Crippen LogP contribution < -0.4 is 20.1 Å². The van der Waals surface area contributed by atoms with Crippen LogP contribution in [0.4, 0.5) is 10.5 Å². The van der Waals surface area contributed by atoms with Gasteiger partial charge in [0.15, 0.2) is 5.75 Å². The summed E-state index contributed by atoms with van der Waals surface area (Å²) >= 11 is 0. The number of aryl methyl sites for hydroxylation is 1. The summed E-state index contributed by atoms with van der Waals surface area (Å²) in [6, 6.07) is 8.83. The molecule has 10 nitrogen and oxygen atoms in total. The lowest BCUT2D eigenvalue weighted by molar-refractivity contribution is -0.386. The van der Waals surface area contributed by atoms with Crippen molar-refractivity contribution < 1.29 is 28.7 Å². The maximum absolute atomic E-state index is 12.5. The molecule has 10 heteroatoms. The Labute approximate surface area is 190 Å². The molecule has 0 aromatic heterocycles. The molecule has 2 amide bonds. The lowest BCUT2D eigenvalue weighted by atomic mass is 9.93. The highest BCUT2D eigenvalue weighted by Gasteiger charge is 2.35. The zero-order chi connectivity index (χ0) is 24.1. The Balaban J connectivity index is 2.08. The number of nitro benzene ring substituents is 1. The number of benzene rings is 2. The molecule has 2 aromatic carbocycles. The molecule has 0 fully saturated rings. The van der Waals surface area contributed by atoms with Gasteiger partial charge in [-0.1, -0.05) is 36.8 Å². The number of carbonyl (C=O) groups is 2. The maximum Gasteiger partial charge on any atom is 0.337 e. The first-order valence-electron chi connectivity index (χ1n) is 10.2. The summed E-state index contributed by atoms with van der Waals surface area (Å²) in [5, 5.41) is 17.1. The van der Waals surface area contributed by atoms with Crippen LogP contribution in [-0.4, -0.2) is 31.1 Å². The molecule has 1 atom stereocenters. The van der Waals surface area contributed by atoms with E-state index in [9.17, 15) is 19.7 Å². The fourth-order valence-electron chi connectivity index (χ4n) is 3.66. The third-order valence-corrected chi connectivity index (χ3v) is 5.19. The largest absolute Gasteiger partial charge is 0.493 e. The molecular weight excluding hydrogens is 430 g/mol. The van der Waals surface area contributed by atoms with E-state index >= 15 is 0 Å². The van der Waals surface area contributed by atoms with E-state index in [-0.39, 0.29) is 34.9 Å². The Kier molecular flexibility index (Phi) is 7.17. The Hall–Kier alpha value is -4.08. The minimum Gasteiger partial charge on any atom is -0.493 e. The highest BCUT2D eigenvalue weighted by Crippen LogP contribution is 2.42. The van der Waals surface area contributed by atoms with Gasteiger partial charge in [-0.25, -0.2) is 9.59 Å². The van der Waals surface area contributed by atoms with Crippen LogP contribution in [0.5, 0.6) is 11.5 Å². The van der Waals surface area contributed by atoms with Crippen molar-refractivity contribution in [3.8, 4) is 11.5 Å². The van der Waals surface area contributed by atoms with Crippen LogP contribution in [-0.2, 0) is 16.1 Å². The summed E-state index contributed by atoms with van der Waals surface area (Å²) < 4.78 is 16.1. The van der Waals surface area contributed by atoms with Crippen LogP contribution in [0.1, 0.15) is 36.1 Å². The lowest BCUT2D eigenvalue weighted by Crippen LogP contribution is -2.45. The van der Waals surface area contributed by atoms with Crippen LogP contribution in [0.15, 0.2) is 47.7 Å². The molecule has 33 heavy (non-hydrogen) atoms. The van der Waals surface area contributed by atoms with Crippen molar-refractivity contribution in [2.24, 2.45) is 0 Å². The zero-order valence-electron chi connectivity index (χ0n) is 18.8. The number of esters is 1. The van der Waals surface area contributed by atoms with Crippen LogP contribution in [0, 0.1) is 17.0 Å². The predicted octanol–water partition coefficient (Wildman–Crippen LogP) is 3.68. The average molecular weight is 455 g/mol. The van der Waals surface area contributed by atoms with Crippen molar-refractivity contribution in [2.75, 3.05) is 14.2 Å². The van der Waals surface area contributed by atoms with Gasteiger partial charge in [0, 0.05) is 11.8 Å². The molecule has 1 unspecified atom stereocenters. The van der Waals surface area contributed by atoms with Gasteiger partial charge in [-0.15, -0.1) is 0 Å². The average Bonchev–Trinajstić information content (AvgIpc) is 2.80. The summed E-state index contributed by atoms with van der Waals surface area (Å²) in [4.78, 5) is 36.0. The Morgan fingerprint density at radius 1 is 1.21 bits per heavy atom. The Morgan fingerprint density at radius 2 is 1.97 bits per heavy atom. The van der Waals surface area contributed by atoms with E-state index in [2.05, 4.69) is 10.6 Å². The third-order valence-electron chi connectivity index (χ3n) is 5.19. The summed E-state index contributed by atoms with van der Waals surface area (Å²) in [7, 11) is 2.58. The van der Waals surface area contributed by atoms with Gasteiger partial charge in [-0.3, -0.25) is 10.1 Å². The second kappa shape index (κ2) is 10.0. The van der Waals surface area contributed by atoms with Gasteiger partial charge in [0.25, 0.3) is 0 Å². The molecule has 0 saturated carbocycles. The van der Waals surface area contributed by atoms with Gasteiger partial charge < -0.3 is 24.8 Å². The number of urea groups is 1. The van der Waals surface area contributed by atoms with Crippen molar-refractivity contribution >= 4 is 17.7 Å². The van der Waals surface area contributed by atoms with Crippen LogP contribution in [0.3, 0.4) is 0 Å². The molecule has 0 bridgehead atoms. The molecule has 0 aliphatic carbocycles. The van der Waals surface area contributed by atoms with Crippen molar-refractivity contribution in [2.45, 2.75) is 32.9 Å². The van der Waals surface area contributed by atoms with Gasteiger partial charge in [-0.05, 0) is 30.5 Å². The van der Waals surface area contributed by atoms with E-state index in [4.69, 9.17) is 14.2 Å². The first kappa shape index (κ1) is 23.6. The molecule has 2 N–H and O–H groups in total. The number of allylic oxidation sites excluding steroid dienone is 1. The molecule has 3 rings (SSSR count). The van der Waals surface area contributed by atoms with Crippen LogP contribution >= 0.6 is 0 Å². The molecule has 2 aromatic rings. The number of nitrogens with one attached hydrogen (secondary N) is 2. The number of hydrogen-bond acceptors (Lipinski definition) is 7. The summed E-state index contributed by atoms with van der Waals surface area (Å²) in [5.41, 5.74) is 2.32. The SMILES string of the molecule is CCC1=C(C(=O)OC)C(c2cc(OC)c(OCc3cccc(C)c3)c([N+](=O)[O-])c2)NC(=O)N1. The third kappa shape index (κ3) is 5.05. The van der Waals surface area contributed by atoms with Crippen molar-refractivity contribution in [3.63, 3.8) is 0 Å². The molecule has 1 heterocycles. The Bertz CT molecular complexity index is 1130. The van der Waals surface area contributed by atoms with Crippen molar-refractivity contribution in [1.29, 1.82) is 0 Å². The van der Waals surface area contributed by atoms with Gasteiger partial charge in [-0.2, -0.15) is 0 Å². The molecular formula is C23H25N3O7. The molecule has 174 valence electrons. The lowest BCUT2D eigenvalue weighted by Gasteiger charge is -2.29. The van der Waals surface area contributed by atoms with Gasteiger partial charge in [0.2, 0.25) is 5.75 Å². The number of methoxy groups -OCH3 is 2. The predicted molar refractivity (Wildman–Crippen MR) is 119 cm³/mol. The smallest absolute Gasteiger partial charge is 0.337 e. The number of rotatable bonds is 8. The van der Waals surface area contributed by atoms with E-state index in [1.54, 1.807) is 6.92 Å². The van der Waals surface area contributed by atoms with E-state index in [0.29, 0.717) is 12.1 Å². The summed E-state index contributed by atoms with van der Waals surface area (Å²) in [6.07, 6.45) is 0.352. The van der Waals surface area contributed by atoms with Gasteiger partial charge in [0.05, 0.1) is 30.8 Å². The number of nitro groups is 1. The molecule has 0 radical (unpaired) electrons. The summed E-state index contributed by atoms with van der Waals surface area (Å²) in [5.74, 6) is -0.611. The highest BCUT2D eigenvalue weighted by atomic mass is 16.6. The van der Waals surface area contributed by atoms with E-state index in [0.717, 1.165) is 11.1 Å². The first-order valence-corrected chi connectivity index (χ1v) is 10.2. The van der Waals surface area contributed by atoms with Gasteiger partial charge >= 0.3 is 17.7 Å². The minimum atomic E-state index is -0.973. The fourth-order valence-corrected chi connectivity index (χ4v) is 3.66. The number of carbonyl (C=O) groups excluding carboxylic acids is 2. The molecule has 0 spiro atoms. The second-order valence-corrected chi connectivity index (χ2v) is 7.38. The maximum atomic E-state index is 12.5. The van der Waals surface area contributed by atoms with E-state index in [1.807, 2.05) is 31.2 Å². The molecule has 1 aliphatic heterocycles. The number of nitrogens with zero attached hydrogens (tertiary/aromatic N) is 1. The quantitative estimate of drug-likeness (QED) is 0.353. The topological polar surface area (TPSA) is 129 Å². The zero-order valence-corrected chi connectivity index (χ0v) is 18.8. The molecule has 1 aliphatic rings. The minimum absolute atomic E-state index is 0.0488. The first-order chi connectivity index (χ1) is 15.8. The van der Waals surface area contributed by atoms with Crippen LogP contribution in [0.2, 0.25) is 0 Å². The molecule has 0 saturated heterocycles. The monoisotopic (exact) mass is 455 g/mol. The normalized spacial score (nSPS) is 15.4. The van der Waals surface area contributed by atoms with Crippen LogP contribution in [0.25, 0.3) is 0 Å².